The second-order valence-corrected chi connectivity index (χ2v) is 22.9. The third kappa shape index (κ3) is 14.5. The van der Waals surface area contributed by atoms with E-state index in [2.05, 4.69) is 25.4 Å². The standard InChI is InChI=1S/C53H70N6O13S2/c1-52(2)39-35-37(73(66,67)68)25-27-42(39)57-33-17-7-11-22-46(60)54-31-16-14-19-41(51(65)55-32-15-6-13-24-50(64)72-59-48(62)29-30-49(59)63)56-47(61)23-12-8-18-34-58-43-28-26-38(74(69,70)71)36-40(43)53(3,4)45(58)21-10-5-9-20-44(52)57/h5,9-10,20-21,25-30,35-36,41H,6-8,11-19,22-24,31-34H2,1-4H3,(H6-,54,55,56,60,61,62,63,65,66,67,68,69,70,71)/p+1. The molecule has 3 aromatic rings. The Balaban J connectivity index is 1.16. The summed E-state index contributed by atoms with van der Waals surface area (Å²) < 4.78 is 71.6. The highest BCUT2D eigenvalue weighted by Crippen LogP contribution is 2.49. The Morgan fingerprint density at radius 1 is 0.757 bits per heavy atom. The van der Waals surface area contributed by atoms with Crippen LogP contribution in [0.4, 0.5) is 11.4 Å². The quantitative estimate of drug-likeness (QED) is 0.0625. The fourth-order valence-electron chi connectivity index (χ4n) is 9.81. The third-order valence-electron chi connectivity index (χ3n) is 13.9. The van der Waals surface area contributed by atoms with Crippen LogP contribution in [0.25, 0.3) is 0 Å². The number of hydrogen-bond donors (Lipinski definition) is 7. The van der Waals surface area contributed by atoms with E-state index in [1.54, 1.807) is 12.1 Å². The molecule has 0 saturated carbocycles. The van der Waals surface area contributed by atoms with Crippen molar-refractivity contribution in [3.8, 4) is 11.8 Å². The van der Waals surface area contributed by atoms with Crippen molar-refractivity contribution < 1.29 is 64.7 Å². The SMILES string of the molecule is CC1(C)C2=CC=CC=CC3=[N+](CCCCCC(=O)NC(C(=O)NCCCCCC(=O)On4c(O)ccc4O)CCCCNC(=O)CCCCCN2c2ccc(S(=O)(=O)O)cc21)c1ccc(S(=O)(=O)O)cc1C3(C)C. The molecule has 4 heterocycles. The number of carbonyl (C=O) groups is 4. The summed E-state index contributed by atoms with van der Waals surface area (Å²) in [7, 11) is -8.94. The van der Waals surface area contributed by atoms with E-state index in [9.17, 15) is 55.3 Å². The molecule has 0 fully saturated rings. The van der Waals surface area contributed by atoms with E-state index in [0.29, 0.717) is 102 Å². The van der Waals surface area contributed by atoms with Gasteiger partial charge in [0.25, 0.3) is 20.2 Å². The Morgan fingerprint density at radius 3 is 2.12 bits per heavy atom. The Hall–Kier alpha value is -6.29. The van der Waals surface area contributed by atoms with E-state index in [0.717, 1.165) is 46.8 Å². The first-order valence-electron chi connectivity index (χ1n) is 25.4. The summed E-state index contributed by atoms with van der Waals surface area (Å²) in [5, 5.41) is 28.2. The zero-order valence-corrected chi connectivity index (χ0v) is 44.3. The summed E-state index contributed by atoms with van der Waals surface area (Å²) in [6.07, 6.45) is 17.1. The number of nitrogens with one attached hydrogen (secondary N) is 3. The van der Waals surface area contributed by atoms with Crippen LogP contribution in [0.2, 0.25) is 0 Å². The van der Waals surface area contributed by atoms with Crippen LogP contribution in [0.3, 0.4) is 0 Å². The first kappa shape index (κ1) is 57.0. The molecular formula is C53H71N6O13S2+. The fourth-order valence-corrected chi connectivity index (χ4v) is 10.8. The lowest BCUT2D eigenvalue weighted by Gasteiger charge is -2.27. The van der Waals surface area contributed by atoms with Crippen molar-refractivity contribution in [2.45, 2.75) is 151 Å². The Kier molecular flexibility index (Phi) is 19.1. The number of unbranched alkanes of at least 4 members (excludes halogenated alkanes) is 2. The first-order valence-corrected chi connectivity index (χ1v) is 28.2. The zero-order valence-electron chi connectivity index (χ0n) is 42.6. The molecule has 0 bridgehead atoms. The maximum atomic E-state index is 13.5. The number of aromatic nitrogens is 1. The van der Waals surface area contributed by atoms with Gasteiger partial charge in [0.05, 0.1) is 15.2 Å². The Labute approximate surface area is 433 Å². The van der Waals surface area contributed by atoms with Crippen molar-refractivity contribution in [2.75, 3.05) is 31.1 Å². The average Bonchev–Trinajstić information content (AvgIpc) is 3.84. The van der Waals surface area contributed by atoms with Crippen LogP contribution in [0.5, 0.6) is 11.8 Å². The van der Waals surface area contributed by atoms with Crippen molar-refractivity contribution in [1.29, 1.82) is 0 Å². The maximum Gasteiger partial charge on any atom is 0.333 e. The van der Waals surface area contributed by atoms with Crippen molar-refractivity contribution in [3.63, 3.8) is 0 Å². The summed E-state index contributed by atoms with van der Waals surface area (Å²) in [4.78, 5) is 58.7. The van der Waals surface area contributed by atoms with Crippen LogP contribution in [0.15, 0.2) is 94.4 Å². The number of aromatic hydroxyl groups is 2. The summed E-state index contributed by atoms with van der Waals surface area (Å²) in [5.74, 6) is -2.19. The van der Waals surface area contributed by atoms with E-state index in [4.69, 9.17) is 4.84 Å². The molecule has 19 nitrogen and oxygen atoms in total. The molecule has 2 aromatic carbocycles. The van der Waals surface area contributed by atoms with Gasteiger partial charge in [0.15, 0.2) is 5.71 Å². The van der Waals surface area contributed by atoms with Gasteiger partial charge in [0.1, 0.15) is 12.6 Å². The van der Waals surface area contributed by atoms with Gasteiger partial charge in [0, 0.05) is 92.0 Å². The van der Waals surface area contributed by atoms with Gasteiger partial charge >= 0.3 is 5.97 Å². The number of rotatable bonds is 10. The number of benzene rings is 2. The zero-order chi connectivity index (χ0) is 53.8. The minimum Gasteiger partial charge on any atom is -0.492 e. The lowest BCUT2D eigenvalue weighted by Crippen LogP contribution is -2.47. The predicted molar refractivity (Wildman–Crippen MR) is 279 cm³/mol. The van der Waals surface area contributed by atoms with Crippen LogP contribution >= 0.6 is 0 Å². The van der Waals surface area contributed by atoms with Gasteiger partial charge < -0.3 is 35.9 Å². The smallest absolute Gasteiger partial charge is 0.333 e. The first-order chi connectivity index (χ1) is 35.0. The van der Waals surface area contributed by atoms with Gasteiger partial charge in [-0.2, -0.15) is 21.4 Å². The number of nitrogens with zero attached hydrogens (tertiary/aromatic N) is 3. The van der Waals surface area contributed by atoms with Crippen LogP contribution in [-0.4, -0.2) is 107 Å². The normalized spacial score (nSPS) is 19.4. The highest BCUT2D eigenvalue weighted by Gasteiger charge is 2.45. The van der Waals surface area contributed by atoms with Crippen molar-refractivity contribution in [2.24, 2.45) is 0 Å². The molecular weight excluding hydrogens is 993 g/mol. The molecule has 3 aliphatic rings. The molecule has 21 heteroatoms. The molecule has 3 aliphatic heterocycles. The third-order valence-corrected chi connectivity index (χ3v) is 15.6. The van der Waals surface area contributed by atoms with Gasteiger partial charge in [-0.3, -0.25) is 23.5 Å². The van der Waals surface area contributed by atoms with E-state index in [1.807, 2.05) is 58.1 Å². The fraction of sp³-hybridized carbons (Fsp3) is 0.491. The monoisotopic (exact) mass is 1060 g/mol. The van der Waals surface area contributed by atoms with Gasteiger partial charge in [-0.05, 0) is 114 Å². The predicted octanol–water partition coefficient (Wildman–Crippen LogP) is 6.80. The molecule has 0 aliphatic carbocycles. The number of anilines is 1. The molecule has 402 valence electrons. The van der Waals surface area contributed by atoms with E-state index in [1.165, 1.54) is 36.4 Å². The molecule has 3 amide bonds. The van der Waals surface area contributed by atoms with Crippen LogP contribution < -0.4 is 25.7 Å². The Morgan fingerprint density at radius 2 is 1.42 bits per heavy atom. The molecule has 7 N–H and O–H groups in total. The number of carbonyl (C=O) groups excluding carboxylic acids is 4. The number of hydrogen-bond acceptors (Lipinski definition) is 12. The molecule has 0 radical (unpaired) electrons. The van der Waals surface area contributed by atoms with Crippen molar-refractivity contribution >= 4 is 61.0 Å². The second kappa shape index (κ2) is 24.8. The number of fused-ring (bicyclic) bond motifs is 5. The summed E-state index contributed by atoms with van der Waals surface area (Å²) >= 11 is 0. The Bertz CT molecular complexity index is 2900. The highest BCUT2D eigenvalue weighted by molar-refractivity contribution is 7.86. The molecule has 0 saturated heterocycles. The summed E-state index contributed by atoms with van der Waals surface area (Å²) in [6.45, 7) is 9.79. The van der Waals surface area contributed by atoms with E-state index in [-0.39, 0.29) is 40.4 Å². The van der Waals surface area contributed by atoms with Gasteiger partial charge in [-0.15, -0.1) is 4.73 Å². The van der Waals surface area contributed by atoms with E-state index >= 15 is 0 Å². The molecule has 1 aromatic heterocycles. The van der Waals surface area contributed by atoms with Gasteiger partial charge in [0.2, 0.25) is 35.2 Å². The lowest BCUT2D eigenvalue weighted by atomic mass is 9.81. The largest absolute Gasteiger partial charge is 0.492 e. The minimum absolute atomic E-state index is 0.0211. The minimum atomic E-state index is -4.48. The van der Waals surface area contributed by atoms with Gasteiger partial charge in [-0.25, -0.2) is 4.79 Å². The topological polar surface area (TPSA) is 274 Å². The van der Waals surface area contributed by atoms with Crippen LogP contribution in [-0.2, 0) is 50.2 Å². The molecule has 6 rings (SSSR count). The molecule has 1 atom stereocenters. The summed E-state index contributed by atoms with van der Waals surface area (Å²) in [5.41, 5.74) is 3.56. The molecule has 0 spiro atoms. The maximum absolute atomic E-state index is 13.5. The van der Waals surface area contributed by atoms with Crippen molar-refractivity contribution in [1.82, 2.24) is 20.7 Å². The number of allylic oxidation sites excluding steroid dienone is 6. The molecule has 74 heavy (non-hydrogen) atoms. The van der Waals surface area contributed by atoms with Crippen LogP contribution in [0, 0.1) is 0 Å². The van der Waals surface area contributed by atoms with Gasteiger partial charge in [-0.1, -0.05) is 44.9 Å². The highest BCUT2D eigenvalue weighted by atomic mass is 32.2. The van der Waals surface area contributed by atoms with Crippen molar-refractivity contribution in [3.05, 3.63) is 95.7 Å². The average molecular weight is 1060 g/mol. The number of amides is 3. The van der Waals surface area contributed by atoms with Crippen LogP contribution in [0.1, 0.15) is 135 Å². The van der Waals surface area contributed by atoms with E-state index < -0.39 is 54.8 Å². The summed E-state index contributed by atoms with van der Waals surface area (Å²) in [6, 6.07) is 10.8. The molecule has 1 unspecified atom stereocenters. The lowest BCUT2D eigenvalue weighted by molar-refractivity contribution is -0.438. The second-order valence-electron chi connectivity index (χ2n) is 20.0.